The second-order valence-electron chi connectivity index (χ2n) is 7.82. The predicted molar refractivity (Wildman–Crippen MR) is 103 cm³/mol. The van der Waals surface area contributed by atoms with E-state index in [4.69, 9.17) is 9.47 Å². The first-order chi connectivity index (χ1) is 13.4. The molecule has 1 aromatic rings. The summed E-state index contributed by atoms with van der Waals surface area (Å²) in [4.78, 5) is -0.101. The Kier molecular flexibility index (Phi) is 6.93. The van der Waals surface area contributed by atoms with Crippen molar-refractivity contribution in [1.29, 1.82) is 0 Å². The van der Waals surface area contributed by atoms with Crippen LogP contribution in [0.1, 0.15) is 26.2 Å². The molecule has 2 heterocycles. The van der Waals surface area contributed by atoms with E-state index in [2.05, 4.69) is 10.0 Å². The zero-order chi connectivity index (χ0) is 20.2. The molecule has 0 spiro atoms. The Morgan fingerprint density at radius 3 is 2.64 bits per heavy atom. The average molecular weight is 417 g/mol. The number of benzene rings is 1. The van der Waals surface area contributed by atoms with E-state index >= 15 is 0 Å². The minimum Gasteiger partial charge on any atom is -0.396 e. The molecule has 0 aliphatic carbocycles. The topological polar surface area (TPSA) is 96.9 Å². The highest BCUT2D eigenvalue weighted by Gasteiger charge is 2.34. The molecule has 1 aromatic carbocycles. The summed E-state index contributed by atoms with van der Waals surface area (Å²) in [6.45, 7) is 4.38. The summed E-state index contributed by atoms with van der Waals surface area (Å²) in [7, 11) is -3.81. The molecule has 2 fully saturated rings. The Hall–Kier alpha value is -1.26. The third-order valence-corrected chi connectivity index (χ3v) is 7.30. The lowest BCUT2D eigenvalue weighted by Crippen LogP contribution is -2.40. The van der Waals surface area contributed by atoms with Crippen LogP contribution in [0.25, 0.3) is 0 Å². The maximum Gasteiger partial charge on any atom is 0.240 e. The number of hydrogen-bond acceptors (Lipinski definition) is 6. The van der Waals surface area contributed by atoms with Crippen LogP contribution in [0.3, 0.4) is 0 Å². The summed E-state index contributed by atoms with van der Waals surface area (Å²) in [5.74, 6) is -0.439. The maximum absolute atomic E-state index is 14.5. The molecule has 0 aromatic heterocycles. The number of ether oxygens (including phenoxy) is 2. The van der Waals surface area contributed by atoms with Crippen LogP contribution in [0.15, 0.2) is 23.1 Å². The summed E-state index contributed by atoms with van der Waals surface area (Å²) >= 11 is 0. The van der Waals surface area contributed by atoms with Gasteiger partial charge in [-0.05, 0) is 50.3 Å². The van der Waals surface area contributed by atoms with Crippen LogP contribution in [-0.2, 0) is 19.5 Å². The largest absolute Gasteiger partial charge is 0.396 e. The van der Waals surface area contributed by atoms with Gasteiger partial charge in [0.2, 0.25) is 10.0 Å². The van der Waals surface area contributed by atoms with E-state index in [0.29, 0.717) is 39.4 Å². The Balaban J connectivity index is 1.65. The van der Waals surface area contributed by atoms with Crippen LogP contribution in [0.5, 0.6) is 0 Å². The van der Waals surface area contributed by atoms with Gasteiger partial charge < -0.3 is 19.9 Å². The number of sulfonamides is 1. The van der Waals surface area contributed by atoms with Crippen molar-refractivity contribution >= 4 is 15.7 Å². The molecule has 0 amide bonds. The van der Waals surface area contributed by atoms with E-state index < -0.39 is 21.3 Å². The number of aliphatic hydroxyl groups is 1. The summed E-state index contributed by atoms with van der Waals surface area (Å²) in [5, 5.41) is 12.6. The van der Waals surface area contributed by atoms with Gasteiger partial charge in [0.15, 0.2) is 0 Å². The normalized spacial score (nSPS) is 25.0. The van der Waals surface area contributed by atoms with Gasteiger partial charge in [0, 0.05) is 37.8 Å². The number of rotatable bonds is 8. The highest BCUT2D eigenvalue weighted by Crippen LogP contribution is 2.29. The summed E-state index contributed by atoms with van der Waals surface area (Å²) in [5.41, 5.74) is -0.228. The first kappa shape index (κ1) is 21.4. The third kappa shape index (κ3) is 5.01. The molecule has 0 bridgehead atoms. The van der Waals surface area contributed by atoms with Gasteiger partial charge in [-0.2, -0.15) is 0 Å². The fourth-order valence-corrected chi connectivity index (χ4v) is 5.01. The van der Waals surface area contributed by atoms with E-state index in [1.165, 1.54) is 12.1 Å². The quantitative estimate of drug-likeness (QED) is 0.597. The number of nitrogens with one attached hydrogen (secondary N) is 2. The Labute approximate surface area is 165 Å². The second kappa shape index (κ2) is 9.04. The van der Waals surface area contributed by atoms with Crippen LogP contribution < -0.4 is 10.0 Å². The van der Waals surface area contributed by atoms with Gasteiger partial charge in [0.05, 0.1) is 23.8 Å². The summed E-state index contributed by atoms with van der Waals surface area (Å²) in [6, 6.07) is 3.59. The Morgan fingerprint density at radius 1 is 1.29 bits per heavy atom. The standard InChI is InChI=1S/C19H29FN2O5S/c1-14(15-4-7-26-8-5-15)22-28(24,25)16-2-3-18(17(20)10-16)21-11-19(12-23)6-9-27-13-19/h2-3,10,14-15,21-23H,4-9,11-13H2,1H3/t14-,19?/m0/s1. The van der Waals surface area contributed by atoms with Gasteiger partial charge in [-0.1, -0.05) is 0 Å². The molecular weight excluding hydrogens is 387 g/mol. The first-order valence-electron chi connectivity index (χ1n) is 9.67. The molecule has 0 radical (unpaired) electrons. The molecule has 9 heteroatoms. The van der Waals surface area contributed by atoms with E-state index in [1.807, 2.05) is 6.92 Å². The lowest BCUT2D eigenvalue weighted by atomic mass is 9.88. The van der Waals surface area contributed by atoms with Crippen molar-refractivity contribution in [3.8, 4) is 0 Å². The van der Waals surface area contributed by atoms with Crippen LogP contribution in [-0.4, -0.2) is 59.1 Å². The van der Waals surface area contributed by atoms with Gasteiger partial charge in [-0.25, -0.2) is 17.5 Å². The zero-order valence-corrected chi connectivity index (χ0v) is 16.9. The molecule has 1 unspecified atom stereocenters. The molecule has 0 saturated carbocycles. The van der Waals surface area contributed by atoms with E-state index in [-0.39, 0.29) is 29.1 Å². The third-order valence-electron chi connectivity index (χ3n) is 5.74. The lowest BCUT2D eigenvalue weighted by Gasteiger charge is -2.28. The second-order valence-corrected chi connectivity index (χ2v) is 9.53. The van der Waals surface area contributed by atoms with E-state index in [1.54, 1.807) is 0 Å². The van der Waals surface area contributed by atoms with Gasteiger partial charge in [0.25, 0.3) is 0 Å². The number of hydrogen-bond donors (Lipinski definition) is 3. The van der Waals surface area contributed by atoms with Gasteiger partial charge in [0.1, 0.15) is 5.82 Å². The van der Waals surface area contributed by atoms with Gasteiger partial charge in [-0.3, -0.25) is 0 Å². The van der Waals surface area contributed by atoms with Crippen molar-refractivity contribution in [2.45, 2.75) is 37.1 Å². The van der Waals surface area contributed by atoms with Crippen molar-refractivity contribution in [3.63, 3.8) is 0 Å². The molecular formula is C19H29FN2O5S. The number of halogens is 1. The van der Waals surface area contributed by atoms with Crippen LogP contribution >= 0.6 is 0 Å². The Bertz CT molecular complexity index is 762. The molecule has 7 nitrogen and oxygen atoms in total. The van der Waals surface area contributed by atoms with E-state index in [0.717, 1.165) is 18.9 Å². The monoisotopic (exact) mass is 416 g/mol. The maximum atomic E-state index is 14.5. The van der Waals surface area contributed by atoms with Crippen molar-refractivity contribution < 1.29 is 27.4 Å². The predicted octanol–water partition coefficient (Wildman–Crippen LogP) is 1.73. The minimum atomic E-state index is -3.81. The SMILES string of the molecule is C[C@H](NS(=O)(=O)c1ccc(NCC2(CO)CCOC2)c(F)c1)C1CCOCC1. The Morgan fingerprint density at radius 2 is 2.04 bits per heavy atom. The molecule has 2 aliphatic rings. The first-order valence-corrected chi connectivity index (χ1v) is 11.2. The molecule has 2 saturated heterocycles. The highest BCUT2D eigenvalue weighted by molar-refractivity contribution is 7.89. The molecule has 2 aliphatic heterocycles. The summed E-state index contributed by atoms with van der Waals surface area (Å²) < 4.78 is 53.1. The van der Waals surface area contributed by atoms with Crippen molar-refractivity contribution in [2.75, 3.05) is 44.9 Å². The summed E-state index contributed by atoms with van der Waals surface area (Å²) in [6.07, 6.45) is 2.30. The van der Waals surface area contributed by atoms with Gasteiger partial charge in [-0.15, -0.1) is 0 Å². The molecule has 3 rings (SSSR count). The highest BCUT2D eigenvalue weighted by atomic mass is 32.2. The molecule has 28 heavy (non-hydrogen) atoms. The van der Waals surface area contributed by atoms with Gasteiger partial charge >= 0.3 is 0 Å². The number of anilines is 1. The van der Waals surface area contributed by atoms with E-state index in [9.17, 15) is 17.9 Å². The average Bonchev–Trinajstić information content (AvgIpc) is 3.17. The van der Waals surface area contributed by atoms with Crippen LogP contribution in [0.4, 0.5) is 10.1 Å². The molecule has 158 valence electrons. The van der Waals surface area contributed by atoms with Crippen LogP contribution in [0.2, 0.25) is 0 Å². The smallest absolute Gasteiger partial charge is 0.240 e. The minimum absolute atomic E-state index is 0.0535. The molecule has 3 N–H and O–H groups in total. The zero-order valence-electron chi connectivity index (χ0n) is 16.1. The van der Waals surface area contributed by atoms with Crippen molar-refractivity contribution in [2.24, 2.45) is 11.3 Å². The lowest BCUT2D eigenvalue weighted by molar-refractivity contribution is 0.0585. The van der Waals surface area contributed by atoms with Crippen molar-refractivity contribution in [3.05, 3.63) is 24.0 Å². The molecule has 2 atom stereocenters. The fourth-order valence-electron chi connectivity index (χ4n) is 3.68. The number of aliphatic hydroxyl groups excluding tert-OH is 1. The van der Waals surface area contributed by atoms with Crippen molar-refractivity contribution in [1.82, 2.24) is 4.72 Å². The fraction of sp³-hybridized carbons (Fsp3) is 0.684. The van der Waals surface area contributed by atoms with Crippen LogP contribution in [0, 0.1) is 17.2 Å².